The smallest absolute Gasteiger partial charge is 0.325 e. The largest absolute Gasteiger partial charge is 0.468 e. The predicted octanol–water partition coefficient (Wildman–Crippen LogP) is 0.493. The Bertz CT molecular complexity index is 614. The summed E-state index contributed by atoms with van der Waals surface area (Å²) in [4.78, 5) is 27.4. The Labute approximate surface area is 141 Å². The third-order valence-electron chi connectivity index (χ3n) is 4.39. The van der Waals surface area contributed by atoms with Gasteiger partial charge in [0.1, 0.15) is 6.54 Å². The van der Waals surface area contributed by atoms with E-state index in [1.807, 2.05) is 18.2 Å². The number of hydrogen-bond donors (Lipinski definition) is 1. The first-order valence-electron chi connectivity index (χ1n) is 8.21. The zero-order valence-electron chi connectivity index (χ0n) is 13.9. The zero-order valence-corrected chi connectivity index (χ0v) is 13.9. The number of methoxy groups -OCH3 is 1. The molecule has 0 aliphatic carbocycles. The molecular weight excluding hydrogens is 310 g/mol. The maximum absolute atomic E-state index is 12.1. The van der Waals surface area contributed by atoms with Crippen LogP contribution < -0.4 is 10.2 Å². The fourth-order valence-corrected chi connectivity index (χ4v) is 3.04. The van der Waals surface area contributed by atoms with E-state index in [1.165, 1.54) is 12.0 Å². The molecule has 1 amide bonds. The molecule has 7 heteroatoms. The number of fused-ring (bicyclic) bond motifs is 1. The third-order valence-corrected chi connectivity index (χ3v) is 4.39. The molecule has 0 aromatic heterocycles. The van der Waals surface area contributed by atoms with E-state index in [9.17, 15) is 9.59 Å². The second-order valence-electron chi connectivity index (χ2n) is 5.96. The second-order valence-corrected chi connectivity index (χ2v) is 5.96. The summed E-state index contributed by atoms with van der Waals surface area (Å²) in [7, 11) is 1.32. The van der Waals surface area contributed by atoms with Gasteiger partial charge in [0.25, 0.3) is 0 Å². The number of nitrogens with one attached hydrogen (secondary N) is 1. The minimum Gasteiger partial charge on any atom is -0.468 e. The van der Waals surface area contributed by atoms with Gasteiger partial charge in [-0.2, -0.15) is 0 Å². The van der Waals surface area contributed by atoms with Crippen LogP contribution in [0, 0.1) is 0 Å². The molecule has 1 aromatic carbocycles. The van der Waals surface area contributed by atoms with Crippen molar-refractivity contribution in [1.29, 1.82) is 0 Å². The third kappa shape index (κ3) is 3.85. The minimum absolute atomic E-state index is 0.0356. The van der Waals surface area contributed by atoms with Crippen molar-refractivity contribution in [2.24, 2.45) is 0 Å². The SMILES string of the molecule is COC(=O)CN1C(=O)Cc2cc(NCCN3CCOCC3)ccc21. The number of nitrogens with zero attached hydrogens (tertiary/aromatic N) is 2. The number of esters is 1. The first-order chi connectivity index (χ1) is 11.7. The number of hydrogen-bond acceptors (Lipinski definition) is 6. The van der Waals surface area contributed by atoms with Crippen molar-refractivity contribution >= 4 is 23.3 Å². The van der Waals surface area contributed by atoms with Gasteiger partial charge in [0.05, 0.1) is 26.7 Å². The first kappa shape index (κ1) is 16.7. The molecular formula is C17H23N3O4. The van der Waals surface area contributed by atoms with Crippen LogP contribution in [-0.2, 0) is 25.5 Å². The molecule has 7 nitrogen and oxygen atoms in total. The van der Waals surface area contributed by atoms with Gasteiger partial charge in [-0.1, -0.05) is 0 Å². The topological polar surface area (TPSA) is 71.1 Å². The van der Waals surface area contributed by atoms with E-state index in [1.54, 1.807) is 0 Å². The second kappa shape index (κ2) is 7.63. The van der Waals surface area contributed by atoms with Crippen molar-refractivity contribution in [2.45, 2.75) is 6.42 Å². The molecule has 130 valence electrons. The van der Waals surface area contributed by atoms with Crippen LogP contribution >= 0.6 is 0 Å². The highest BCUT2D eigenvalue weighted by molar-refractivity contribution is 6.04. The van der Waals surface area contributed by atoms with E-state index in [-0.39, 0.29) is 12.5 Å². The fourth-order valence-electron chi connectivity index (χ4n) is 3.04. The molecule has 24 heavy (non-hydrogen) atoms. The summed E-state index contributed by atoms with van der Waals surface area (Å²) in [6.07, 6.45) is 0.325. The maximum atomic E-state index is 12.1. The van der Waals surface area contributed by atoms with Crippen molar-refractivity contribution in [3.63, 3.8) is 0 Å². The number of carbonyl (C=O) groups excluding carboxylic acids is 2. The van der Waals surface area contributed by atoms with Crippen LogP contribution in [0.3, 0.4) is 0 Å². The molecule has 2 aliphatic rings. The fraction of sp³-hybridized carbons (Fsp3) is 0.529. The number of morpholine rings is 1. The molecule has 0 atom stereocenters. The average molecular weight is 333 g/mol. The van der Waals surface area contributed by atoms with Crippen LogP contribution in [0.5, 0.6) is 0 Å². The van der Waals surface area contributed by atoms with Gasteiger partial charge in [0, 0.05) is 37.6 Å². The Hall–Kier alpha value is -2.12. The summed E-state index contributed by atoms with van der Waals surface area (Å²) < 4.78 is 9.99. The quantitative estimate of drug-likeness (QED) is 0.764. The Balaban J connectivity index is 1.57. The molecule has 1 fully saturated rings. The summed E-state index contributed by atoms with van der Waals surface area (Å²) in [5.41, 5.74) is 2.74. The molecule has 2 aliphatic heterocycles. The van der Waals surface area contributed by atoms with Crippen LogP contribution in [0.2, 0.25) is 0 Å². The van der Waals surface area contributed by atoms with Crippen molar-refractivity contribution in [3.05, 3.63) is 23.8 Å². The standard InChI is InChI=1S/C17H23N3O4/c1-23-17(22)12-20-15-3-2-14(10-13(15)11-16(20)21)18-4-5-19-6-8-24-9-7-19/h2-3,10,18H,4-9,11-12H2,1H3. The highest BCUT2D eigenvalue weighted by Crippen LogP contribution is 2.31. The Morgan fingerprint density at radius 3 is 2.88 bits per heavy atom. The first-order valence-corrected chi connectivity index (χ1v) is 8.21. The van der Waals surface area contributed by atoms with E-state index in [0.29, 0.717) is 6.42 Å². The molecule has 2 heterocycles. The van der Waals surface area contributed by atoms with Crippen LogP contribution in [0.1, 0.15) is 5.56 Å². The predicted molar refractivity (Wildman–Crippen MR) is 90.3 cm³/mol. The Morgan fingerprint density at radius 2 is 2.12 bits per heavy atom. The summed E-state index contributed by atoms with van der Waals surface area (Å²) in [6.45, 7) is 5.33. The van der Waals surface area contributed by atoms with E-state index < -0.39 is 5.97 Å². The van der Waals surface area contributed by atoms with E-state index in [4.69, 9.17) is 4.74 Å². The molecule has 0 spiro atoms. The highest BCUT2D eigenvalue weighted by Gasteiger charge is 2.29. The Morgan fingerprint density at radius 1 is 1.33 bits per heavy atom. The number of amides is 1. The van der Waals surface area contributed by atoms with Crippen molar-refractivity contribution in [2.75, 3.05) is 63.3 Å². The monoisotopic (exact) mass is 333 g/mol. The van der Waals surface area contributed by atoms with Crippen LogP contribution in [-0.4, -0.2) is 69.8 Å². The molecule has 0 bridgehead atoms. The molecule has 0 radical (unpaired) electrons. The van der Waals surface area contributed by atoms with Gasteiger partial charge in [0.15, 0.2) is 0 Å². The summed E-state index contributed by atoms with van der Waals surface area (Å²) in [5, 5.41) is 3.40. The number of ether oxygens (including phenoxy) is 2. The van der Waals surface area contributed by atoms with Crippen molar-refractivity contribution in [1.82, 2.24) is 4.90 Å². The van der Waals surface area contributed by atoms with E-state index in [0.717, 1.165) is 56.3 Å². The lowest BCUT2D eigenvalue weighted by molar-refractivity contribution is -0.139. The lowest BCUT2D eigenvalue weighted by Crippen LogP contribution is -2.39. The van der Waals surface area contributed by atoms with Crippen LogP contribution in [0.4, 0.5) is 11.4 Å². The van der Waals surface area contributed by atoms with Gasteiger partial charge in [-0.25, -0.2) is 0 Å². The van der Waals surface area contributed by atoms with Gasteiger partial charge in [-0.15, -0.1) is 0 Å². The van der Waals surface area contributed by atoms with Crippen molar-refractivity contribution in [3.8, 4) is 0 Å². The lowest BCUT2D eigenvalue weighted by atomic mass is 10.1. The summed E-state index contributed by atoms with van der Waals surface area (Å²) in [5.74, 6) is -0.482. The molecule has 0 unspecified atom stereocenters. The average Bonchev–Trinajstić information content (AvgIpc) is 2.90. The zero-order chi connectivity index (χ0) is 16.9. The lowest BCUT2D eigenvalue weighted by Gasteiger charge is -2.26. The summed E-state index contributed by atoms with van der Waals surface area (Å²) in [6, 6.07) is 5.82. The normalized spacial score (nSPS) is 17.7. The van der Waals surface area contributed by atoms with Gasteiger partial charge in [-0.05, 0) is 23.8 Å². The molecule has 1 aromatic rings. The van der Waals surface area contributed by atoms with Crippen molar-refractivity contribution < 1.29 is 19.1 Å². The van der Waals surface area contributed by atoms with Gasteiger partial charge in [-0.3, -0.25) is 14.5 Å². The number of carbonyl (C=O) groups is 2. The van der Waals surface area contributed by atoms with Crippen LogP contribution in [0.25, 0.3) is 0 Å². The molecule has 1 N–H and O–H groups in total. The molecule has 1 saturated heterocycles. The Kier molecular flexibility index (Phi) is 5.32. The number of rotatable bonds is 6. The highest BCUT2D eigenvalue weighted by atomic mass is 16.5. The van der Waals surface area contributed by atoms with Gasteiger partial charge >= 0.3 is 5.97 Å². The minimum atomic E-state index is -0.413. The van der Waals surface area contributed by atoms with Crippen LogP contribution in [0.15, 0.2) is 18.2 Å². The maximum Gasteiger partial charge on any atom is 0.325 e. The van der Waals surface area contributed by atoms with E-state index in [2.05, 4.69) is 15.0 Å². The number of benzene rings is 1. The number of anilines is 2. The molecule has 0 saturated carbocycles. The molecule has 3 rings (SSSR count). The summed E-state index contributed by atoms with van der Waals surface area (Å²) >= 11 is 0. The van der Waals surface area contributed by atoms with Gasteiger partial charge in [0.2, 0.25) is 5.91 Å². The van der Waals surface area contributed by atoms with E-state index >= 15 is 0 Å². The van der Waals surface area contributed by atoms with Gasteiger partial charge < -0.3 is 19.7 Å².